The summed E-state index contributed by atoms with van der Waals surface area (Å²) in [5, 5.41) is 5.42. The quantitative estimate of drug-likeness (QED) is 0.530. The van der Waals surface area contributed by atoms with Gasteiger partial charge in [0.25, 0.3) is 0 Å². The number of carbonyl (C=O) groups excluding carboxylic acids is 3. The number of hydrogen-bond donors (Lipinski definition) is 2. The van der Waals surface area contributed by atoms with Crippen molar-refractivity contribution in [3.63, 3.8) is 0 Å². The molecule has 0 aromatic heterocycles. The molecule has 3 amide bonds. The van der Waals surface area contributed by atoms with Gasteiger partial charge in [0, 0.05) is 26.8 Å². The Hall–Kier alpha value is -1.52. The molecule has 0 bridgehead atoms. The van der Waals surface area contributed by atoms with Gasteiger partial charge in [-0.25, -0.2) is 4.79 Å². The van der Waals surface area contributed by atoms with E-state index in [1.807, 2.05) is 6.26 Å². The van der Waals surface area contributed by atoms with E-state index in [4.69, 9.17) is 14.2 Å². The molecule has 10 heteroatoms. The fourth-order valence-corrected chi connectivity index (χ4v) is 3.20. The average Bonchev–Trinajstić information content (AvgIpc) is 2.66. The van der Waals surface area contributed by atoms with E-state index in [-0.39, 0.29) is 5.91 Å². The van der Waals surface area contributed by atoms with Crippen molar-refractivity contribution in [2.75, 3.05) is 52.0 Å². The molecular weight excluding hydrogens is 398 g/mol. The van der Waals surface area contributed by atoms with Crippen LogP contribution in [0.25, 0.3) is 0 Å². The molecule has 1 aliphatic heterocycles. The standard InChI is InChI=1S/C19H35N3O6S/c1-19(2,3)28-18(25)21-14(7-13-29-5)16(23)20-15(6-10-26-4)17(24)22-8-11-27-12-9-22/h14-15H,6-13H2,1-5H3,(H,20,23)(H,21,25)/t14-,15-/m0/s1. The molecule has 1 saturated heterocycles. The molecule has 1 aliphatic rings. The van der Waals surface area contributed by atoms with Gasteiger partial charge in [0.2, 0.25) is 11.8 Å². The largest absolute Gasteiger partial charge is 0.444 e. The number of ether oxygens (including phenoxy) is 3. The molecule has 2 atom stereocenters. The summed E-state index contributed by atoms with van der Waals surface area (Å²) in [6.07, 6.45) is 2.03. The van der Waals surface area contributed by atoms with Crippen LogP contribution in [0.2, 0.25) is 0 Å². The second kappa shape index (κ2) is 12.9. The molecule has 2 N–H and O–H groups in total. The summed E-state index contributed by atoms with van der Waals surface area (Å²) in [4.78, 5) is 39.6. The van der Waals surface area contributed by atoms with Gasteiger partial charge in [-0.15, -0.1) is 0 Å². The molecule has 9 nitrogen and oxygen atoms in total. The molecule has 1 heterocycles. The highest BCUT2D eigenvalue weighted by atomic mass is 32.2. The molecule has 1 rings (SSSR count). The topological polar surface area (TPSA) is 106 Å². The minimum atomic E-state index is -0.792. The fraction of sp³-hybridized carbons (Fsp3) is 0.842. The first kappa shape index (κ1) is 25.5. The number of alkyl carbamates (subject to hydrolysis) is 1. The SMILES string of the molecule is COCC[C@H](NC(=O)[C@H](CCSC)NC(=O)OC(C)(C)C)C(=O)N1CCOCC1. The third kappa shape index (κ3) is 10.2. The van der Waals surface area contributed by atoms with Gasteiger partial charge in [-0.1, -0.05) is 0 Å². The Morgan fingerprint density at radius 1 is 1.10 bits per heavy atom. The Morgan fingerprint density at radius 2 is 1.76 bits per heavy atom. The van der Waals surface area contributed by atoms with Gasteiger partial charge in [0.05, 0.1) is 13.2 Å². The number of nitrogens with zero attached hydrogens (tertiary/aromatic N) is 1. The summed E-state index contributed by atoms with van der Waals surface area (Å²) in [5.41, 5.74) is -0.669. The number of methoxy groups -OCH3 is 1. The molecule has 0 saturated carbocycles. The van der Waals surface area contributed by atoms with Crippen LogP contribution >= 0.6 is 11.8 Å². The predicted octanol–water partition coefficient (Wildman–Crippen LogP) is 1.01. The molecular formula is C19H35N3O6S. The lowest BCUT2D eigenvalue weighted by molar-refractivity contribution is -0.140. The maximum absolute atomic E-state index is 12.9. The van der Waals surface area contributed by atoms with Crippen molar-refractivity contribution in [1.82, 2.24) is 15.5 Å². The Bertz CT molecular complexity index is 535. The van der Waals surface area contributed by atoms with Crippen LogP contribution in [0, 0.1) is 0 Å². The Labute approximate surface area is 177 Å². The maximum Gasteiger partial charge on any atom is 0.408 e. The van der Waals surface area contributed by atoms with Crippen LogP contribution in [-0.4, -0.2) is 92.5 Å². The fourth-order valence-electron chi connectivity index (χ4n) is 2.72. The normalized spacial score (nSPS) is 16.7. The van der Waals surface area contributed by atoms with Crippen molar-refractivity contribution in [2.45, 2.75) is 51.3 Å². The zero-order chi connectivity index (χ0) is 21.9. The first-order valence-corrected chi connectivity index (χ1v) is 11.2. The van der Waals surface area contributed by atoms with Crippen LogP contribution in [0.15, 0.2) is 0 Å². The molecule has 1 fully saturated rings. The number of nitrogens with one attached hydrogen (secondary N) is 2. The third-order valence-electron chi connectivity index (χ3n) is 4.17. The molecule has 29 heavy (non-hydrogen) atoms. The Kier molecular flexibility index (Phi) is 11.4. The van der Waals surface area contributed by atoms with Crippen LogP contribution in [0.4, 0.5) is 4.79 Å². The number of rotatable bonds is 10. The third-order valence-corrected chi connectivity index (χ3v) is 4.81. The number of thioether (sulfide) groups is 1. The van der Waals surface area contributed by atoms with E-state index in [0.29, 0.717) is 51.5 Å². The second-order valence-electron chi connectivity index (χ2n) is 7.76. The van der Waals surface area contributed by atoms with Gasteiger partial charge in [0.1, 0.15) is 17.7 Å². The second-order valence-corrected chi connectivity index (χ2v) is 8.75. The van der Waals surface area contributed by atoms with Crippen LogP contribution in [0.3, 0.4) is 0 Å². The lowest BCUT2D eigenvalue weighted by Crippen LogP contribution is -2.56. The van der Waals surface area contributed by atoms with E-state index < -0.39 is 29.7 Å². The lowest BCUT2D eigenvalue weighted by atomic mass is 10.1. The van der Waals surface area contributed by atoms with Crippen LogP contribution in [0.1, 0.15) is 33.6 Å². The van der Waals surface area contributed by atoms with Crippen molar-refractivity contribution < 1.29 is 28.6 Å². The summed E-state index contributed by atoms with van der Waals surface area (Å²) < 4.78 is 15.6. The lowest BCUT2D eigenvalue weighted by Gasteiger charge is -2.31. The van der Waals surface area contributed by atoms with Crippen LogP contribution in [-0.2, 0) is 23.8 Å². The average molecular weight is 434 g/mol. The number of carbonyl (C=O) groups is 3. The van der Waals surface area contributed by atoms with E-state index in [9.17, 15) is 14.4 Å². The summed E-state index contributed by atoms with van der Waals surface area (Å²) in [6, 6.07) is -1.52. The molecule has 0 spiro atoms. The molecule has 0 aromatic rings. The first-order chi connectivity index (χ1) is 13.7. The highest BCUT2D eigenvalue weighted by Crippen LogP contribution is 2.10. The minimum Gasteiger partial charge on any atom is -0.444 e. The van der Waals surface area contributed by atoms with E-state index in [2.05, 4.69) is 10.6 Å². The highest BCUT2D eigenvalue weighted by molar-refractivity contribution is 7.98. The number of morpholine rings is 1. The van der Waals surface area contributed by atoms with Gasteiger partial charge < -0.3 is 29.7 Å². The highest BCUT2D eigenvalue weighted by Gasteiger charge is 2.30. The van der Waals surface area contributed by atoms with Crippen molar-refractivity contribution in [2.24, 2.45) is 0 Å². The van der Waals surface area contributed by atoms with Crippen LogP contribution < -0.4 is 10.6 Å². The number of hydrogen-bond acceptors (Lipinski definition) is 7. The molecule has 0 aliphatic carbocycles. The van der Waals surface area contributed by atoms with E-state index in [0.717, 1.165) is 0 Å². The van der Waals surface area contributed by atoms with Gasteiger partial charge >= 0.3 is 6.09 Å². The molecule has 168 valence electrons. The summed E-state index contributed by atoms with van der Waals surface area (Å²) in [7, 11) is 1.55. The van der Waals surface area contributed by atoms with Crippen molar-refractivity contribution in [3.05, 3.63) is 0 Å². The molecule has 0 radical (unpaired) electrons. The van der Waals surface area contributed by atoms with Crippen molar-refractivity contribution in [1.29, 1.82) is 0 Å². The smallest absolute Gasteiger partial charge is 0.408 e. The summed E-state index contributed by atoms with van der Waals surface area (Å²) in [5.74, 6) is 0.0980. The first-order valence-electron chi connectivity index (χ1n) is 9.82. The maximum atomic E-state index is 12.9. The number of amides is 3. The predicted molar refractivity (Wildman–Crippen MR) is 112 cm³/mol. The van der Waals surface area contributed by atoms with E-state index in [1.165, 1.54) is 0 Å². The summed E-state index contributed by atoms with van der Waals surface area (Å²) >= 11 is 1.57. The van der Waals surface area contributed by atoms with Crippen LogP contribution in [0.5, 0.6) is 0 Å². The molecule has 0 unspecified atom stereocenters. The monoisotopic (exact) mass is 433 g/mol. The minimum absolute atomic E-state index is 0.167. The van der Waals surface area contributed by atoms with Gasteiger partial charge in [-0.05, 0) is 45.6 Å². The van der Waals surface area contributed by atoms with Gasteiger partial charge in [-0.3, -0.25) is 9.59 Å². The van der Waals surface area contributed by atoms with E-state index >= 15 is 0 Å². The van der Waals surface area contributed by atoms with Crippen molar-refractivity contribution >= 4 is 29.7 Å². The Balaban J connectivity index is 2.80. The van der Waals surface area contributed by atoms with E-state index in [1.54, 1.807) is 44.5 Å². The molecule has 0 aromatic carbocycles. The zero-order valence-corrected chi connectivity index (χ0v) is 18.9. The zero-order valence-electron chi connectivity index (χ0n) is 18.1. The van der Waals surface area contributed by atoms with Gasteiger partial charge in [0.15, 0.2) is 0 Å². The van der Waals surface area contributed by atoms with Crippen molar-refractivity contribution in [3.8, 4) is 0 Å². The van der Waals surface area contributed by atoms with Gasteiger partial charge in [-0.2, -0.15) is 11.8 Å². The Morgan fingerprint density at radius 3 is 2.31 bits per heavy atom. The summed E-state index contributed by atoms with van der Waals surface area (Å²) in [6.45, 7) is 7.53.